The van der Waals surface area contributed by atoms with E-state index in [9.17, 15) is 4.79 Å². The molecule has 2 aromatic carbocycles. The number of amides is 1. The largest absolute Gasteiger partial charge is 0.480 e. The van der Waals surface area contributed by atoms with Gasteiger partial charge < -0.3 is 10.1 Å². The molecule has 0 fully saturated rings. The van der Waals surface area contributed by atoms with Gasteiger partial charge in [-0.2, -0.15) is 0 Å². The summed E-state index contributed by atoms with van der Waals surface area (Å²) < 4.78 is 6.01. The quantitative estimate of drug-likeness (QED) is 0.827. The molecule has 0 saturated heterocycles. The van der Waals surface area contributed by atoms with Gasteiger partial charge in [-0.3, -0.25) is 4.79 Å². The maximum atomic E-state index is 12.4. The van der Waals surface area contributed by atoms with E-state index in [2.05, 4.69) is 12.2 Å². The number of fused-ring (bicyclic) bond motifs is 1. The van der Waals surface area contributed by atoms with Gasteiger partial charge in [0.2, 0.25) is 0 Å². The Bertz CT molecular complexity index is 618. The van der Waals surface area contributed by atoms with Crippen molar-refractivity contribution >= 4 is 16.7 Å². The number of hydrogen-bond donors (Lipinski definition) is 1. The van der Waals surface area contributed by atoms with Crippen LogP contribution in [0.25, 0.3) is 10.8 Å². The Kier molecular flexibility index (Phi) is 5.82. The lowest BCUT2D eigenvalue weighted by Crippen LogP contribution is -2.42. The molecule has 0 aliphatic heterocycles. The van der Waals surface area contributed by atoms with Gasteiger partial charge in [0.25, 0.3) is 5.91 Å². The molecular formula is C19H25NO2. The Labute approximate surface area is 132 Å². The van der Waals surface area contributed by atoms with E-state index in [-0.39, 0.29) is 11.9 Å². The highest BCUT2D eigenvalue weighted by molar-refractivity contribution is 5.89. The van der Waals surface area contributed by atoms with E-state index in [0.717, 1.165) is 29.4 Å². The minimum Gasteiger partial charge on any atom is -0.480 e. The summed E-state index contributed by atoms with van der Waals surface area (Å²) >= 11 is 0. The number of nitrogens with one attached hydrogen (secondary N) is 1. The van der Waals surface area contributed by atoms with E-state index >= 15 is 0 Å². The summed E-state index contributed by atoms with van der Waals surface area (Å²) in [5.41, 5.74) is 0. The monoisotopic (exact) mass is 299 g/mol. The zero-order valence-electron chi connectivity index (χ0n) is 13.6. The Morgan fingerprint density at radius 1 is 1.14 bits per heavy atom. The van der Waals surface area contributed by atoms with Crippen LogP contribution >= 0.6 is 0 Å². The van der Waals surface area contributed by atoms with Crippen molar-refractivity contribution in [2.75, 3.05) is 0 Å². The van der Waals surface area contributed by atoms with Crippen LogP contribution < -0.4 is 10.1 Å². The van der Waals surface area contributed by atoms with E-state index in [1.54, 1.807) is 0 Å². The summed E-state index contributed by atoms with van der Waals surface area (Å²) in [7, 11) is 0. The first-order valence-electron chi connectivity index (χ1n) is 8.10. The Morgan fingerprint density at radius 2 is 1.86 bits per heavy atom. The molecule has 0 radical (unpaired) electrons. The Balaban J connectivity index is 2.13. The molecule has 1 amide bonds. The van der Waals surface area contributed by atoms with Crippen molar-refractivity contribution in [2.24, 2.45) is 0 Å². The third kappa shape index (κ3) is 4.00. The summed E-state index contributed by atoms with van der Waals surface area (Å²) in [6.45, 7) is 6.12. The van der Waals surface area contributed by atoms with Gasteiger partial charge in [0.1, 0.15) is 5.75 Å². The van der Waals surface area contributed by atoms with Crippen LogP contribution in [0.5, 0.6) is 5.75 Å². The molecule has 0 bridgehead atoms. The molecule has 3 nitrogen and oxygen atoms in total. The van der Waals surface area contributed by atoms with Crippen molar-refractivity contribution < 1.29 is 9.53 Å². The molecule has 0 saturated carbocycles. The van der Waals surface area contributed by atoms with E-state index in [1.807, 2.05) is 56.3 Å². The molecule has 3 heteroatoms. The lowest BCUT2D eigenvalue weighted by Gasteiger charge is -2.21. The Morgan fingerprint density at radius 3 is 2.59 bits per heavy atom. The van der Waals surface area contributed by atoms with Crippen molar-refractivity contribution in [3.63, 3.8) is 0 Å². The van der Waals surface area contributed by atoms with Crippen LogP contribution in [0.2, 0.25) is 0 Å². The molecular weight excluding hydrogens is 274 g/mol. The molecule has 0 aromatic heterocycles. The van der Waals surface area contributed by atoms with Crippen molar-refractivity contribution in [1.82, 2.24) is 5.32 Å². The molecule has 0 aliphatic carbocycles. The van der Waals surface area contributed by atoms with Gasteiger partial charge in [0, 0.05) is 11.4 Å². The van der Waals surface area contributed by atoms with Gasteiger partial charge in [0.15, 0.2) is 6.10 Å². The van der Waals surface area contributed by atoms with Crippen LogP contribution in [0.3, 0.4) is 0 Å². The second kappa shape index (κ2) is 7.83. The highest BCUT2D eigenvalue weighted by Gasteiger charge is 2.20. The summed E-state index contributed by atoms with van der Waals surface area (Å²) in [6.07, 6.45) is 2.23. The fourth-order valence-corrected chi connectivity index (χ4v) is 2.61. The van der Waals surface area contributed by atoms with Crippen molar-refractivity contribution in [1.29, 1.82) is 0 Å². The summed E-state index contributed by atoms with van der Waals surface area (Å²) in [5, 5.41) is 5.20. The number of hydrogen-bond acceptors (Lipinski definition) is 2. The minimum atomic E-state index is -0.454. The van der Waals surface area contributed by atoms with Crippen LogP contribution in [0.4, 0.5) is 0 Å². The first-order valence-corrected chi connectivity index (χ1v) is 8.10. The third-order valence-corrected chi connectivity index (χ3v) is 3.79. The van der Waals surface area contributed by atoms with Crippen molar-refractivity contribution in [3.05, 3.63) is 42.5 Å². The van der Waals surface area contributed by atoms with Crippen LogP contribution in [-0.4, -0.2) is 18.1 Å². The number of rotatable bonds is 7. The average molecular weight is 299 g/mol. The normalized spacial score (nSPS) is 13.6. The summed E-state index contributed by atoms with van der Waals surface area (Å²) in [5.74, 6) is 0.736. The number of ether oxygens (including phenoxy) is 1. The van der Waals surface area contributed by atoms with Gasteiger partial charge in [0.05, 0.1) is 0 Å². The van der Waals surface area contributed by atoms with Crippen molar-refractivity contribution in [2.45, 2.75) is 52.2 Å². The summed E-state index contributed by atoms with van der Waals surface area (Å²) in [6, 6.07) is 14.2. The van der Waals surface area contributed by atoms with E-state index in [1.165, 1.54) is 0 Å². The number of carbonyl (C=O) groups excluding carboxylic acids is 1. The molecule has 2 aromatic rings. The van der Waals surface area contributed by atoms with Crippen LogP contribution in [0, 0.1) is 0 Å². The number of benzene rings is 2. The van der Waals surface area contributed by atoms with E-state index in [0.29, 0.717) is 6.42 Å². The zero-order valence-corrected chi connectivity index (χ0v) is 13.6. The maximum absolute atomic E-state index is 12.4. The molecule has 2 rings (SSSR count). The lowest BCUT2D eigenvalue weighted by molar-refractivity contribution is -0.128. The van der Waals surface area contributed by atoms with Gasteiger partial charge in [-0.05, 0) is 31.2 Å². The van der Waals surface area contributed by atoms with E-state index < -0.39 is 6.10 Å². The topological polar surface area (TPSA) is 38.3 Å². The van der Waals surface area contributed by atoms with Crippen molar-refractivity contribution in [3.8, 4) is 5.75 Å². The van der Waals surface area contributed by atoms with Crippen LogP contribution in [0.1, 0.15) is 40.0 Å². The van der Waals surface area contributed by atoms with Crippen LogP contribution in [-0.2, 0) is 4.79 Å². The van der Waals surface area contributed by atoms with Gasteiger partial charge in [-0.15, -0.1) is 0 Å². The molecule has 0 aliphatic rings. The molecule has 0 spiro atoms. The first-order chi connectivity index (χ1) is 10.7. The molecule has 0 heterocycles. The van der Waals surface area contributed by atoms with Gasteiger partial charge >= 0.3 is 0 Å². The molecule has 1 N–H and O–H groups in total. The highest BCUT2D eigenvalue weighted by atomic mass is 16.5. The number of carbonyl (C=O) groups is 1. The average Bonchev–Trinajstić information content (AvgIpc) is 2.52. The maximum Gasteiger partial charge on any atom is 0.261 e. The second-order valence-electron chi connectivity index (χ2n) is 5.69. The minimum absolute atomic E-state index is 0.0311. The fourth-order valence-electron chi connectivity index (χ4n) is 2.61. The molecule has 2 atom stereocenters. The summed E-state index contributed by atoms with van der Waals surface area (Å²) in [4.78, 5) is 12.4. The fraction of sp³-hybridized carbons (Fsp3) is 0.421. The molecule has 22 heavy (non-hydrogen) atoms. The zero-order chi connectivity index (χ0) is 15.9. The van der Waals surface area contributed by atoms with Gasteiger partial charge in [-0.1, -0.05) is 56.7 Å². The van der Waals surface area contributed by atoms with E-state index in [4.69, 9.17) is 4.74 Å². The smallest absolute Gasteiger partial charge is 0.261 e. The third-order valence-electron chi connectivity index (χ3n) is 3.79. The highest BCUT2D eigenvalue weighted by Crippen LogP contribution is 2.26. The predicted molar refractivity (Wildman–Crippen MR) is 91.2 cm³/mol. The standard InChI is InChI=1S/C19H25NO2/c1-4-9-14(3)20-19(21)17(5-2)22-18-13-8-11-15-10-6-7-12-16(15)18/h6-8,10-14,17H,4-5,9H2,1-3H3,(H,20,21)/t14-,17+/m1/s1. The van der Waals surface area contributed by atoms with Gasteiger partial charge in [-0.25, -0.2) is 0 Å². The molecule has 0 unspecified atom stereocenters. The SMILES string of the molecule is CCC[C@@H](C)NC(=O)[C@H](CC)Oc1cccc2ccccc12. The first kappa shape index (κ1) is 16.3. The Hall–Kier alpha value is -2.03. The molecule has 118 valence electrons. The second-order valence-corrected chi connectivity index (χ2v) is 5.69. The lowest BCUT2D eigenvalue weighted by atomic mass is 10.1. The van der Waals surface area contributed by atoms with Crippen LogP contribution in [0.15, 0.2) is 42.5 Å². The predicted octanol–water partition coefficient (Wildman–Crippen LogP) is 4.30.